The number of carbonyl (C=O) groups is 5. The average molecular weight is 698 g/mol. The van der Waals surface area contributed by atoms with E-state index in [9.17, 15) is 42.3 Å². The molecule has 0 aliphatic heterocycles. The number of halogens is 3. The van der Waals surface area contributed by atoms with Crippen LogP contribution in [0.2, 0.25) is 0 Å². The molecule has 0 bridgehead atoms. The van der Waals surface area contributed by atoms with E-state index in [0.717, 1.165) is 11.1 Å². The molecule has 0 saturated heterocycles. The van der Waals surface area contributed by atoms with Gasteiger partial charge in [-0.3, -0.25) is 24.0 Å². The summed E-state index contributed by atoms with van der Waals surface area (Å²) in [6.07, 6.45) is -9.28. The molecule has 268 valence electrons. The Balaban J connectivity index is 1.74. The second-order valence-corrected chi connectivity index (χ2v) is 12.2. The summed E-state index contributed by atoms with van der Waals surface area (Å²) in [4.78, 5) is 64.3. The Hall–Kier alpha value is -5.24. The molecule has 7 N–H and O–H groups in total. The molecule has 0 saturated carbocycles. The van der Waals surface area contributed by atoms with Crippen LogP contribution in [0.15, 0.2) is 84.9 Å². The Labute approximate surface area is 288 Å². The fourth-order valence-corrected chi connectivity index (χ4v) is 5.05. The van der Waals surface area contributed by atoms with Gasteiger partial charge >= 0.3 is 6.18 Å². The molecular weight excluding hydrogens is 655 g/mol. The third-order valence-electron chi connectivity index (χ3n) is 7.90. The lowest BCUT2D eigenvalue weighted by atomic mass is 9.99. The summed E-state index contributed by atoms with van der Waals surface area (Å²) in [5.41, 5.74) is 7.86. The van der Waals surface area contributed by atoms with Crippen LogP contribution in [0.3, 0.4) is 0 Å². The number of hydrogen-bond donors (Lipinski definition) is 6. The number of aliphatic hydroxyl groups excluding tert-OH is 1. The second-order valence-electron chi connectivity index (χ2n) is 12.2. The van der Waals surface area contributed by atoms with Crippen LogP contribution in [0.4, 0.5) is 13.2 Å². The molecule has 0 aromatic heterocycles. The highest BCUT2D eigenvalue weighted by Gasteiger charge is 2.44. The number of nitrogens with two attached hydrogens (primary N) is 1. The van der Waals surface area contributed by atoms with Crippen LogP contribution in [0.1, 0.15) is 49.5 Å². The van der Waals surface area contributed by atoms with Gasteiger partial charge in [-0.25, -0.2) is 0 Å². The van der Waals surface area contributed by atoms with Crippen molar-refractivity contribution < 1.29 is 42.3 Å². The third kappa shape index (κ3) is 11.7. The molecular formula is C36H42F3N5O6. The number of alkyl halides is 3. The number of rotatable bonds is 16. The predicted molar refractivity (Wildman–Crippen MR) is 180 cm³/mol. The van der Waals surface area contributed by atoms with E-state index in [0.29, 0.717) is 11.1 Å². The van der Waals surface area contributed by atoms with Crippen LogP contribution in [0, 0.1) is 5.92 Å². The second kappa shape index (κ2) is 18.0. The van der Waals surface area contributed by atoms with E-state index < -0.39 is 84.7 Å². The summed E-state index contributed by atoms with van der Waals surface area (Å²) in [5, 5.41) is 19.6. The van der Waals surface area contributed by atoms with Gasteiger partial charge in [0.05, 0.1) is 6.04 Å². The number of benzene rings is 3. The first kappa shape index (κ1) is 39.2. The van der Waals surface area contributed by atoms with Gasteiger partial charge in [0.15, 0.2) is 6.10 Å². The Morgan fingerprint density at radius 3 is 1.82 bits per heavy atom. The van der Waals surface area contributed by atoms with Crippen LogP contribution in [-0.4, -0.2) is 71.1 Å². The zero-order valence-corrected chi connectivity index (χ0v) is 27.9. The van der Waals surface area contributed by atoms with E-state index in [2.05, 4.69) is 16.0 Å². The van der Waals surface area contributed by atoms with Crippen molar-refractivity contribution in [1.29, 1.82) is 0 Å². The highest BCUT2D eigenvalue weighted by molar-refractivity contribution is 5.99. The predicted octanol–water partition coefficient (Wildman–Crippen LogP) is 3.01. The first-order chi connectivity index (χ1) is 23.6. The van der Waals surface area contributed by atoms with Crippen LogP contribution in [-0.2, 0) is 25.6 Å². The molecule has 0 radical (unpaired) electrons. The Bertz CT molecular complexity index is 1600. The van der Waals surface area contributed by atoms with Crippen LogP contribution >= 0.6 is 0 Å². The van der Waals surface area contributed by atoms with Gasteiger partial charge in [-0.15, -0.1) is 0 Å². The SMILES string of the molecule is CC(C)[C@H](NC(=O)c1ccc(-c2ccccc2)cc1)C(=O)N[C@H](Cc1ccccc1)C(=O)N[C@H](C)C(=O)NC(CCC(N)=O)C(O)C(F)(F)F. The highest BCUT2D eigenvalue weighted by atomic mass is 19.4. The topological polar surface area (TPSA) is 180 Å². The van der Waals surface area contributed by atoms with Crippen molar-refractivity contribution >= 4 is 29.5 Å². The molecule has 0 aliphatic rings. The molecule has 50 heavy (non-hydrogen) atoms. The van der Waals surface area contributed by atoms with Gasteiger partial charge in [-0.2, -0.15) is 13.2 Å². The van der Waals surface area contributed by atoms with Gasteiger partial charge in [0.2, 0.25) is 23.6 Å². The molecule has 14 heteroatoms. The minimum atomic E-state index is -5.11. The molecule has 0 fully saturated rings. The Morgan fingerprint density at radius 2 is 1.28 bits per heavy atom. The maximum Gasteiger partial charge on any atom is 0.416 e. The van der Waals surface area contributed by atoms with Gasteiger partial charge in [0.1, 0.15) is 18.1 Å². The number of amides is 5. The van der Waals surface area contributed by atoms with E-state index >= 15 is 0 Å². The molecule has 5 atom stereocenters. The quantitative estimate of drug-likeness (QED) is 0.134. The number of nitrogens with one attached hydrogen (secondary N) is 4. The van der Waals surface area contributed by atoms with Crippen molar-refractivity contribution in [2.45, 2.75) is 76.5 Å². The molecule has 3 rings (SSSR count). The normalized spacial score (nSPS) is 14.4. The zero-order chi connectivity index (χ0) is 37.0. The number of carbonyl (C=O) groups excluding carboxylic acids is 5. The minimum absolute atomic E-state index is 0.0273. The van der Waals surface area contributed by atoms with Crippen molar-refractivity contribution in [3.63, 3.8) is 0 Å². The summed E-state index contributed by atoms with van der Waals surface area (Å²) < 4.78 is 39.7. The van der Waals surface area contributed by atoms with Crippen molar-refractivity contribution in [2.75, 3.05) is 0 Å². The number of aliphatic hydroxyl groups is 1. The van der Waals surface area contributed by atoms with E-state index in [-0.39, 0.29) is 6.42 Å². The van der Waals surface area contributed by atoms with Gasteiger partial charge < -0.3 is 32.1 Å². The molecule has 0 heterocycles. The fourth-order valence-electron chi connectivity index (χ4n) is 5.05. The van der Waals surface area contributed by atoms with Crippen molar-refractivity contribution in [3.8, 4) is 11.1 Å². The molecule has 3 aromatic carbocycles. The molecule has 11 nitrogen and oxygen atoms in total. The summed E-state index contributed by atoms with van der Waals surface area (Å²) in [6.45, 7) is 4.64. The molecule has 3 aromatic rings. The van der Waals surface area contributed by atoms with Gasteiger partial charge in [-0.05, 0) is 48.1 Å². The first-order valence-corrected chi connectivity index (χ1v) is 16.0. The van der Waals surface area contributed by atoms with Gasteiger partial charge in [0.25, 0.3) is 5.91 Å². The Morgan fingerprint density at radius 1 is 0.720 bits per heavy atom. The minimum Gasteiger partial charge on any atom is -0.382 e. The van der Waals surface area contributed by atoms with Gasteiger partial charge in [0, 0.05) is 18.4 Å². The highest BCUT2D eigenvalue weighted by Crippen LogP contribution is 2.24. The van der Waals surface area contributed by atoms with Crippen molar-refractivity contribution in [1.82, 2.24) is 21.3 Å². The van der Waals surface area contributed by atoms with Crippen molar-refractivity contribution in [3.05, 3.63) is 96.1 Å². The summed E-state index contributed by atoms with van der Waals surface area (Å²) >= 11 is 0. The standard InChI is InChI=1S/C36H42F3N5O6/c1-21(2)30(44-33(48)26-16-14-25(15-17-26)24-12-8-5-9-13-24)35(50)43-28(20-23-10-6-4-7-11-23)34(49)41-22(3)32(47)42-27(18-19-29(40)45)31(46)36(37,38)39/h4-17,21-22,27-28,30-31,46H,18-20H2,1-3H3,(H2,40,45)(H,41,49)(H,42,47)(H,43,50)(H,44,48)/t22-,27?,28-,30+,31?/m1/s1. The van der Waals surface area contributed by atoms with E-state index in [1.165, 1.54) is 6.92 Å². The molecule has 0 spiro atoms. The van der Waals surface area contributed by atoms with Crippen LogP contribution in [0.25, 0.3) is 11.1 Å². The molecule has 5 amide bonds. The van der Waals surface area contributed by atoms with Crippen LogP contribution < -0.4 is 27.0 Å². The monoisotopic (exact) mass is 697 g/mol. The average Bonchev–Trinajstić information content (AvgIpc) is 3.08. The van der Waals surface area contributed by atoms with Crippen LogP contribution in [0.5, 0.6) is 0 Å². The smallest absolute Gasteiger partial charge is 0.382 e. The Kier molecular flexibility index (Phi) is 14.1. The summed E-state index contributed by atoms with van der Waals surface area (Å²) in [7, 11) is 0. The third-order valence-corrected chi connectivity index (χ3v) is 7.90. The van der Waals surface area contributed by atoms with E-state index in [4.69, 9.17) is 5.73 Å². The van der Waals surface area contributed by atoms with Crippen molar-refractivity contribution in [2.24, 2.45) is 11.7 Å². The first-order valence-electron chi connectivity index (χ1n) is 16.0. The van der Waals surface area contributed by atoms with Gasteiger partial charge in [-0.1, -0.05) is 86.6 Å². The maximum atomic E-state index is 13.6. The maximum absolute atomic E-state index is 13.6. The number of hydrogen-bond acceptors (Lipinski definition) is 6. The lowest BCUT2D eigenvalue weighted by Gasteiger charge is -2.28. The molecule has 0 aliphatic carbocycles. The number of primary amides is 1. The summed E-state index contributed by atoms with van der Waals surface area (Å²) in [5.74, 6) is -4.45. The van der Waals surface area contributed by atoms with E-state index in [1.807, 2.05) is 35.6 Å². The molecule has 2 unspecified atom stereocenters. The van der Waals surface area contributed by atoms with E-state index in [1.54, 1.807) is 68.4 Å². The summed E-state index contributed by atoms with van der Waals surface area (Å²) in [6, 6.07) is 19.4. The lowest BCUT2D eigenvalue weighted by molar-refractivity contribution is -0.212. The fraction of sp³-hybridized carbons (Fsp3) is 0.361. The largest absolute Gasteiger partial charge is 0.416 e. The lowest BCUT2D eigenvalue weighted by Crippen LogP contribution is -2.59. The zero-order valence-electron chi connectivity index (χ0n) is 27.9.